The molecule has 7 nitrogen and oxygen atoms in total. The predicted molar refractivity (Wildman–Crippen MR) is 118 cm³/mol. The van der Waals surface area contributed by atoms with E-state index < -0.39 is 4.92 Å². The van der Waals surface area contributed by atoms with E-state index in [9.17, 15) is 14.9 Å². The van der Waals surface area contributed by atoms with Crippen LogP contribution in [0.15, 0.2) is 53.4 Å². The molecule has 2 saturated heterocycles. The molecule has 2 aromatic carbocycles. The summed E-state index contributed by atoms with van der Waals surface area (Å²) in [5, 5.41) is 11.3. The van der Waals surface area contributed by atoms with Gasteiger partial charge in [-0.05, 0) is 24.3 Å². The number of thiocarbonyl (C=S) groups is 1. The molecule has 29 heavy (non-hydrogen) atoms. The van der Waals surface area contributed by atoms with Crippen LogP contribution in [-0.4, -0.2) is 41.5 Å². The molecule has 1 amide bonds. The Labute approximate surface area is 177 Å². The van der Waals surface area contributed by atoms with Crippen LogP contribution >= 0.6 is 24.0 Å². The molecule has 0 aromatic heterocycles. The molecule has 2 aromatic rings. The van der Waals surface area contributed by atoms with E-state index in [0.717, 1.165) is 5.69 Å². The molecule has 0 radical (unpaired) electrons. The van der Waals surface area contributed by atoms with E-state index in [1.54, 1.807) is 12.1 Å². The average molecular weight is 428 g/mol. The second-order valence-electron chi connectivity index (χ2n) is 6.45. The Morgan fingerprint density at radius 1 is 1.14 bits per heavy atom. The minimum Gasteiger partial charge on any atom is -0.378 e. The second kappa shape index (κ2) is 8.32. The van der Waals surface area contributed by atoms with Gasteiger partial charge in [0, 0.05) is 36.5 Å². The number of hydrogen-bond donors (Lipinski definition) is 0. The third-order valence-corrected chi connectivity index (χ3v) is 5.97. The number of benzene rings is 2. The first-order valence-electron chi connectivity index (χ1n) is 8.99. The number of anilines is 2. The van der Waals surface area contributed by atoms with Gasteiger partial charge in [-0.2, -0.15) is 0 Å². The van der Waals surface area contributed by atoms with Crippen molar-refractivity contribution in [3.05, 3.63) is 69.1 Å². The SMILES string of the molecule is O=C1/C(=C/c2cc([N+](=O)[O-])ccc2N2CCOCC2)SC(=S)N1c1ccccc1. The first-order chi connectivity index (χ1) is 14.0. The summed E-state index contributed by atoms with van der Waals surface area (Å²) < 4.78 is 5.84. The molecule has 0 unspecified atom stereocenters. The smallest absolute Gasteiger partial charge is 0.270 e. The topological polar surface area (TPSA) is 75.9 Å². The Hall–Kier alpha value is -2.75. The molecular formula is C20H17N3O4S2. The monoisotopic (exact) mass is 427 g/mol. The highest BCUT2D eigenvalue weighted by atomic mass is 32.2. The fourth-order valence-corrected chi connectivity index (χ4v) is 4.56. The molecule has 148 valence electrons. The summed E-state index contributed by atoms with van der Waals surface area (Å²) in [4.78, 5) is 27.9. The zero-order valence-electron chi connectivity index (χ0n) is 15.3. The molecule has 0 N–H and O–H groups in total. The van der Waals surface area contributed by atoms with E-state index in [0.29, 0.717) is 46.8 Å². The minimum atomic E-state index is -0.435. The predicted octanol–water partition coefficient (Wildman–Crippen LogP) is 3.84. The number of para-hydroxylation sites is 1. The molecule has 2 aliphatic rings. The molecular weight excluding hydrogens is 410 g/mol. The van der Waals surface area contributed by atoms with Crippen molar-refractivity contribution in [1.29, 1.82) is 0 Å². The van der Waals surface area contributed by atoms with Crippen LogP contribution in [0.25, 0.3) is 6.08 Å². The first kappa shape index (κ1) is 19.6. The van der Waals surface area contributed by atoms with Gasteiger partial charge in [-0.1, -0.05) is 42.2 Å². The largest absolute Gasteiger partial charge is 0.378 e. The summed E-state index contributed by atoms with van der Waals surface area (Å²) >= 11 is 6.61. The second-order valence-corrected chi connectivity index (χ2v) is 8.13. The highest BCUT2D eigenvalue weighted by molar-refractivity contribution is 8.27. The summed E-state index contributed by atoms with van der Waals surface area (Å²) in [7, 11) is 0. The fraction of sp³-hybridized carbons (Fsp3) is 0.200. The lowest BCUT2D eigenvalue weighted by molar-refractivity contribution is -0.384. The standard InChI is InChI=1S/C20H17N3O4S2/c24-19-18(29-20(28)22(19)15-4-2-1-3-5-15)13-14-12-16(23(25)26)6-7-17(14)21-8-10-27-11-9-21/h1-7,12-13H,8-11H2/b18-13-. The number of thioether (sulfide) groups is 1. The maximum Gasteiger partial charge on any atom is 0.270 e. The van der Waals surface area contributed by atoms with Crippen molar-refractivity contribution in [1.82, 2.24) is 0 Å². The van der Waals surface area contributed by atoms with Crippen molar-refractivity contribution >= 4 is 57.3 Å². The first-order valence-corrected chi connectivity index (χ1v) is 10.2. The van der Waals surface area contributed by atoms with Gasteiger partial charge >= 0.3 is 0 Å². The summed E-state index contributed by atoms with van der Waals surface area (Å²) in [6, 6.07) is 13.9. The lowest BCUT2D eigenvalue weighted by atomic mass is 10.1. The Kier molecular flexibility index (Phi) is 5.61. The van der Waals surface area contributed by atoms with Crippen molar-refractivity contribution in [3.8, 4) is 0 Å². The molecule has 0 spiro atoms. The molecule has 0 bridgehead atoms. The highest BCUT2D eigenvalue weighted by Gasteiger charge is 2.33. The van der Waals surface area contributed by atoms with Gasteiger partial charge in [-0.25, -0.2) is 0 Å². The van der Waals surface area contributed by atoms with Gasteiger partial charge in [0.2, 0.25) is 0 Å². The molecule has 0 saturated carbocycles. The van der Waals surface area contributed by atoms with E-state index in [-0.39, 0.29) is 11.6 Å². The Morgan fingerprint density at radius 3 is 2.55 bits per heavy atom. The molecule has 2 fully saturated rings. The number of hydrogen-bond acceptors (Lipinski definition) is 7. The number of carbonyl (C=O) groups excluding carboxylic acids is 1. The van der Waals surface area contributed by atoms with Crippen molar-refractivity contribution in [2.45, 2.75) is 0 Å². The number of nitro benzene ring substituents is 1. The number of ether oxygens (including phenoxy) is 1. The van der Waals surface area contributed by atoms with Crippen molar-refractivity contribution in [3.63, 3.8) is 0 Å². The molecule has 0 atom stereocenters. The molecule has 4 rings (SSSR count). The third kappa shape index (κ3) is 4.02. The van der Waals surface area contributed by atoms with E-state index in [4.69, 9.17) is 17.0 Å². The van der Waals surface area contributed by atoms with Gasteiger partial charge in [0.15, 0.2) is 4.32 Å². The van der Waals surface area contributed by atoms with Gasteiger partial charge in [0.05, 0.1) is 28.7 Å². The Balaban J connectivity index is 1.72. The van der Waals surface area contributed by atoms with Crippen LogP contribution in [-0.2, 0) is 9.53 Å². The van der Waals surface area contributed by atoms with Gasteiger partial charge < -0.3 is 9.64 Å². The Morgan fingerprint density at radius 2 is 1.86 bits per heavy atom. The van der Waals surface area contributed by atoms with Crippen LogP contribution in [0.3, 0.4) is 0 Å². The van der Waals surface area contributed by atoms with Crippen LogP contribution in [0.4, 0.5) is 17.1 Å². The number of rotatable bonds is 4. The van der Waals surface area contributed by atoms with Gasteiger partial charge in [0.25, 0.3) is 11.6 Å². The lowest BCUT2D eigenvalue weighted by Gasteiger charge is -2.30. The van der Waals surface area contributed by atoms with Gasteiger partial charge in [-0.3, -0.25) is 19.8 Å². The maximum atomic E-state index is 13.0. The molecule has 2 aliphatic heterocycles. The zero-order chi connectivity index (χ0) is 20.4. The Bertz CT molecular complexity index is 1000. The van der Waals surface area contributed by atoms with Crippen LogP contribution in [0.5, 0.6) is 0 Å². The van der Waals surface area contributed by atoms with Crippen LogP contribution < -0.4 is 9.80 Å². The molecule has 0 aliphatic carbocycles. The van der Waals surface area contributed by atoms with E-state index in [2.05, 4.69) is 4.90 Å². The number of nitro groups is 1. The quantitative estimate of drug-likeness (QED) is 0.318. The fourth-order valence-electron chi connectivity index (χ4n) is 3.27. The van der Waals surface area contributed by atoms with Crippen molar-refractivity contribution in [2.24, 2.45) is 0 Å². The number of non-ortho nitro benzene ring substituents is 1. The van der Waals surface area contributed by atoms with Gasteiger partial charge in [0.1, 0.15) is 0 Å². The average Bonchev–Trinajstić information content (AvgIpc) is 3.02. The van der Waals surface area contributed by atoms with E-state index in [1.807, 2.05) is 30.3 Å². The number of amides is 1. The number of nitrogens with zero attached hydrogens (tertiary/aromatic N) is 3. The lowest BCUT2D eigenvalue weighted by Crippen LogP contribution is -2.36. The summed E-state index contributed by atoms with van der Waals surface area (Å²) in [6.45, 7) is 2.55. The zero-order valence-corrected chi connectivity index (χ0v) is 16.9. The van der Waals surface area contributed by atoms with Crippen molar-refractivity contribution < 1.29 is 14.5 Å². The van der Waals surface area contributed by atoms with Crippen LogP contribution in [0.1, 0.15) is 5.56 Å². The maximum absolute atomic E-state index is 13.0. The molecule has 2 heterocycles. The summed E-state index contributed by atoms with van der Waals surface area (Å²) in [5.74, 6) is -0.231. The van der Waals surface area contributed by atoms with E-state index >= 15 is 0 Å². The van der Waals surface area contributed by atoms with Crippen LogP contribution in [0.2, 0.25) is 0 Å². The van der Waals surface area contributed by atoms with E-state index in [1.165, 1.54) is 28.8 Å². The van der Waals surface area contributed by atoms with Crippen molar-refractivity contribution in [2.75, 3.05) is 36.1 Å². The highest BCUT2D eigenvalue weighted by Crippen LogP contribution is 2.38. The minimum absolute atomic E-state index is 0.0215. The number of carbonyl (C=O) groups is 1. The summed E-state index contributed by atoms with van der Waals surface area (Å²) in [5.41, 5.74) is 2.14. The van der Waals surface area contributed by atoms with Gasteiger partial charge in [-0.15, -0.1) is 0 Å². The third-order valence-electron chi connectivity index (χ3n) is 4.67. The number of morpholine rings is 1. The normalized spacial score (nSPS) is 18.6. The van der Waals surface area contributed by atoms with Crippen LogP contribution in [0, 0.1) is 10.1 Å². The molecule has 9 heteroatoms. The summed E-state index contributed by atoms with van der Waals surface area (Å²) in [6.07, 6.45) is 1.69.